The van der Waals surface area contributed by atoms with Crippen LogP contribution in [0.25, 0.3) is 5.57 Å². The summed E-state index contributed by atoms with van der Waals surface area (Å²) in [4.78, 5) is 10.9. The summed E-state index contributed by atoms with van der Waals surface area (Å²) in [6, 6.07) is 6.97. The Morgan fingerprint density at radius 3 is 2.21 bits per heavy atom. The molecule has 0 amide bonds. The number of carbonyl (C=O) groups is 1. The number of hydrogen-bond acceptors (Lipinski definition) is 1. The molecule has 0 saturated carbocycles. The third kappa shape index (κ3) is 2.59. The van der Waals surface area contributed by atoms with Crippen molar-refractivity contribution in [1.82, 2.24) is 0 Å². The van der Waals surface area contributed by atoms with Gasteiger partial charge in [-0.3, -0.25) is 0 Å². The summed E-state index contributed by atoms with van der Waals surface area (Å²) in [5.41, 5.74) is 0.743. The van der Waals surface area contributed by atoms with Crippen molar-refractivity contribution in [1.29, 1.82) is 0 Å². The van der Waals surface area contributed by atoms with E-state index in [1.54, 1.807) is 31.2 Å². The lowest BCUT2D eigenvalue weighted by Gasteiger charge is -2.03. The van der Waals surface area contributed by atoms with Crippen molar-refractivity contribution in [3.8, 4) is 0 Å². The van der Waals surface area contributed by atoms with Gasteiger partial charge in [0.15, 0.2) is 0 Å². The molecule has 0 saturated heterocycles. The van der Waals surface area contributed by atoms with Crippen LogP contribution < -0.4 is 0 Å². The van der Waals surface area contributed by atoms with Crippen LogP contribution in [0.15, 0.2) is 33.8 Å². The summed E-state index contributed by atoms with van der Waals surface area (Å²) in [5.74, 6) is -1.01. The van der Waals surface area contributed by atoms with Gasteiger partial charge in [-0.1, -0.05) is 39.7 Å². The Morgan fingerprint density at radius 1 is 1.36 bits per heavy atom. The number of aliphatic carboxylic acids is 1. The minimum Gasteiger partial charge on any atom is -0.478 e. The highest BCUT2D eigenvalue weighted by Gasteiger charge is 2.12. The molecular weight excluding hydrogens is 267 g/mol. The van der Waals surface area contributed by atoms with Crippen LogP contribution in [0.5, 0.6) is 0 Å². The lowest BCUT2D eigenvalue weighted by molar-refractivity contribution is -0.130. The summed E-state index contributed by atoms with van der Waals surface area (Å²) in [7, 11) is 0. The molecule has 0 heterocycles. The molecule has 14 heavy (non-hydrogen) atoms. The molecule has 1 aromatic carbocycles. The molecule has 4 heteroatoms. The quantitative estimate of drug-likeness (QED) is 0.839. The van der Waals surface area contributed by atoms with E-state index in [2.05, 4.69) is 15.9 Å². The summed E-state index contributed by atoms with van der Waals surface area (Å²) in [6.45, 7) is 1.56. The Kier molecular flexibility index (Phi) is 3.72. The zero-order valence-electron chi connectivity index (χ0n) is 7.42. The van der Waals surface area contributed by atoms with Gasteiger partial charge in [0.25, 0.3) is 0 Å². The fraction of sp³-hybridized carbons (Fsp3) is 0.100. The average molecular weight is 276 g/mol. The molecule has 1 rings (SSSR count). The van der Waals surface area contributed by atoms with E-state index in [1.165, 1.54) is 0 Å². The SMILES string of the molecule is C/C(Cl)=C(/C(=O)O)c1ccc(Br)cc1. The molecule has 0 aromatic heterocycles. The topological polar surface area (TPSA) is 37.3 Å². The second-order valence-electron chi connectivity index (χ2n) is 2.72. The smallest absolute Gasteiger partial charge is 0.337 e. The van der Waals surface area contributed by atoms with Crippen molar-refractivity contribution in [3.63, 3.8) is 0 Å². The van der Waals surface area contributed by atoms with Gasteiger partial charge in [-0.05, 0) is 24.6 Å². The summed E-state index contributed by atoms with van der Waals surface area (Å²) >= 11 is 8.97. The molecular formula is C10H8BrClO2. The number of benzene rings is 1. The van der Waals surface area contributed by atoms with E-state index < -0.39 is 5.97 Å². The van der Waals surface area contributed by atoms with E-state index in [0.29, 0.717) is 5.56 Å². The molecule has 0 radical (unpaired) electrons. The number of carboxylic acid groups (broad SMARTS) is 1. The standard InChI is InChI=1S/C10H8BrClO2/c1-6(12)9(10(13)14)7-2-4-8(11)5-3-7/h2-5H,1H3,(H,13,14)/b9-6-. The molecule has 0 unspecified atom stereocenters. The minimum absolute atomic E-state index is 0.138. The largest absolute Gasteiger partial charge is 0.478 e. The second-order valence-corrected chi connectivity index (χ2v) is 4.20. The van der Waals surface area contributed by atoms with Crippen molar-refractivity contribution in [2.24, 2.45) is 0 Å². The van der Waals surface area contributed by atoms with Crippen LogP contribution >= 0.6 is 27.5 Å². The molecule has 0 aliphatic carbocycles. The summed E-state index contributed by atoms with van der Waals surface area (Å²) < 4.78 is 0.901. The lowest BCUT2D eigenvalue weighted by Crippen LogP contribution is -2.00. The van der Waals surface area contributed by atoms with E-state index in [9.17, 15) is 4.79 Å². The summed E-state index contributed by atoms with van der Waals surface area (Å²) in [6.07, 6.45) is 0. The predicted molar refractivity (Wildman–Crippen MR) is 60.2 cm³/mol. The van der Waals surface area contributed by atoms with Crippen LogP contribution in [0.2, 0.25) is 0 Å². The molecule has 0 aliphatic heterocycles. The molecule has 2 nitrogen and oxygen atoms in total. The van der Waals surface area contributed by atoms with Gasteiger partial charge in [0, 0.05) is 9.51 Å². The van der Waals surface area contributed by atoms with Gasteiger partial charge in [0.2, 0.25) is 0 Å². The molecule has 0 bridgehead atoms. The van der Waals surface area contributed by atoms with E-state index in [-0.39, 0.29) is 10.6 Å². The van der Waals surface area contributed by atoms with E-state index in [1.807, 2.05) is 0 Å². The highest BCUT2D eigenvalue weighted by atomic mass is 79.9. The van der Waals surface area contributed by atoms with Gasteiger partial charge in [-0.25, -0.2) is 4.79 Å². The molecule has 0 fully saturated rings. The number of carboxylic acids is 1. The number of halogens is 2. The lowest BCUT2D eigenvalue weighted by atomic mass is 10.1. The third-order valence-electron chi connectivity index (χ3n) is 1.69. The second kappa shape index (κ2) is 4.62. The van der Waals surface area contributed by atoms with Gasteiger partial charge < -0.3 is 5.11 Å². The Hall–Kier alpha value is -0.800. The highest BCUT2D eigenvalue weighted by Crippen LogP contribution is 2.23. The van der Waals surface area contributed by atoms with E-state index >= 15 is 0 Å². The first-order chi connectivity index (χ1) is 6.52. The van der Waals surface area contributed by atoms with Crippen LogP contribution in [0.1, 0.15) is 12.5 Å². The normalized spacial score (nSPS) is 12.2. The maximum Gasteiger partial charge on any atom is 0.337 e. The Morgan fingerprint density at radius 2 is 1.86 bits per heavy atom. The monoisotopic (exact) mass is 274 g/mol. The number of allylic oxidation sites excluding steroid dienone is 1. The molecule has 0 spiro atoms. The van der Waals surface area contributed by atoms with E-state index in [4.69, 9.17) is 16.7 Å². The first kappa shape index (κ1) is 11.3. The van der Waals surface area contributed by atoms with Gasteiger partial charge in [-0.2, -0.15) is 0 Å². The Balaban J connectivity index is 3.21. The van der Waals surface area contributed by atoms with Gasteiger partial charge in [-0.15, -0.1) is 0 Å². The van der Waals surface area contributed by atoms with Crippen molar-refractivity contribution in [3.05, 3.63) is 39.3 Å². The van der Waals surface area contributed by atoms with Crippen LogP contribution in [0.3, 0.4) is 0 Å². The molecule has 0 aliphatic rings. The van der Waals surface area contributed by atoms with Crippen molar-refractivity contribution >= 4 is 39.1 Å². The highest BCUT2D eigenvalue weighted by molar-refractivity contribution is 9.10. The first-order valence-corrected chi connectivity index (χ1v) is 5.05. The maximum absolute atomic E-state index is 10.9. The molecule has 0 atom stereocenters. The van der Waals surface area contributed by atoms with Gasteiger partial charge in [0.05, 0.1) is 5.57 Å². The van der Waals surface area contributed by atoms with Crippen LogP contribution in [0, 0.1) is 0 Å². The molecule has 1 N–H and O–H groups in total. The third-order valence-corrected chi connectivity index (χ3v) is 2.41. The predicted octanol–water partition coefficient (Wildman–Crippen LogP) is 3.50. The van der Waals surface area contributed by atoms with Crippen LogP contribution in [0.4, 0.5) is 0 Å². The zero-order chi connectivity index (χ0) is 10.7. The fourth-order valence-corrected chi connectivity index (χ4v) is 1.54. The van der Waals surface area contributed by atoms with E-state index in [0.717, 1.165) is 4.47 Å². The Bertz CT molecular complexity index is 378. The van der Waals surface area contributed by atoms with Crippen LogP contribution in [-0.2, 0) is 4.79 Å². The minimum atomic E-state index is -1.01. The van der Waals surface area contributed by atoms with Gasteiger partial charge >= 0.3 is 5.97 Å². The maximum atomic E-state index is 10.9. The number of hydrogen-bond donors (Lipinski definition) is 1. The van der Waals surface area contributed by atoms with Crippen molar-refractivity contribution < 1.29 is 9.90 Å². The number of rotatable bonds is 2. The Labute approximate surface area is 95.3 Å². The zero-order valence-corrected chi connectivity index (χ0v) is 9.76. The summed E-state index contributed by atoms with van der Waals surface area (Å²) in [5, 5.41) is 9.19. The average Bonchev–Trinajstić information content (AvgIpc) is 2.07. The molecule has 74 valence electrons. The van der Waals surface area contributed by atoms with Gasteiger partial charge in [0.1, 0.15) is 0 Å². The fourth-order valence-electron chi connectivity index (χ4n) is 1.09. The molecule has 1 aromatic rings. The first-order valence-electron chi connectivity index (χ1n) is 3.88. The van der Waals surface area contributed by atoms with Crippen molar-refractivity contribution in [2.45, 2.75) is 6.92 Å². The van der Waals surface area contributed by atoms with Crippen LogP contribution in [-0.4, -0.2) is 11.1 Å². The van der Waals surface area contributed by atoms with Crippen molar-refractivity contribution in [2.75, 3.05) is 0 Å².